The number of nitrogens with one attached hydrogen (secondary N) is 2. The molecule has 1 aromatic heterocycles. The molecular formula is C19H17N5. The zero-order chi connectivity index (χ0) is 16.2. The first-order chi connectivity index (χ1) is 11.9. The number of rotatable bonds is 5. The quantitative estimate of drug-likeness (QED) is 0.578. The van der Waals surface area contributed by atoms with Gasteiger partial charge in [-0.1, -0.05) is 47.7 Å². The summed E-state index contributed by atoms with van der Waals surface area (Å²) >= 11 is 0. The van der Waals surface area contributed by atoms with Crippen LogP contribution in [0.3, 0.4) is 0 Å². The number of hydrogen-bond donors (Lipinski definition) is 2. The first-order valence-corrected chi connectivity index (χ1v) is 7.83. The number of para-hydroxylation sites is 4. The van der Waals surface area contributed by atoms with Gasteiger partial charge in [0.2, 0.25) is 0 Å². The topological polar surface area (TPSA) is 54.8 Å². The Hall–Kier alpha value is -3.34. The van der Waals surface area contributed by atoms with Gasteiger partial charge >= 0.3 is 0 Å². The molecule has 0 bridgehead atoms. The zero-order valence-electron chi connectivity index (χ0n) is 13.1. The molecule has 118 valence electrons. The minimum atomic E-state index is 0.550. The van der Waals surface area contributed by atoms with Gasteiger partial charge in [0.1, 0.15) is 12.2 Å². The van der Waals surface area contributed by atoms with Crippen LogP contribution in [0.4, 0.5) is 17.1 Å². The van der Waals surface area contributed by atoms with Gasteiger partial charge in [-0.05, 0) is 36.4 Å². The Bertz CT molecular complexity index is 946. The van der Waals surface area contributed by atoms with Crippen LogP contribution in [0.5, 0.6) is 0 Å². The molecule has 4 rings (SSSR count). The highest BCUT2D eigenvalue weighted by molar-refractivity contribution is 5.75. The summed E-state index contributed by atoms with van der Waals surface area (Å²) in [7, 11) is 0. The van der Waals surface area contributed by atoms with Crippen LogP contribution in [0.15, 0.2) is 78.9 Å². The predicted molar refractivity (Wildman–Crippen MR) is 97.3 cm³/mol. The summed E-state index contributed by atoms with van der Waals surface area (Å²) in [5.41, 5.74) is 5.00. The smallest absolute Gasteiger partial charge is 0.113 e. The summed E-state index contributed by atoms with van der Waals surface area (Å²) in [6, 6.07) is 26.2. The summed E-state index contributed by atoms with van der Waals surface area (Å²) in [4.78, 5) is 0. The molecule has 3 aromatic carbocycles. The van der Waals surface area contributed by atoms with E-state index in [0.29, 0.717) is 6.67 Å². The van der Waals surface area contributed by atoms with Crippen molar-refractivity contribution < 1.29 is 0 Å². The lowest BCUT2D eigenvalue weighted by Gasteiger charge is -2.14. The predicted octanol–water partition coefficient (Wildman–Crippen LogP) is 4.24. The molecule has 0 aliphatic rings. The Balaban J connectivity index is 1.54. The van der Waals surface area contributed by atoms with Crippen LogP contribution in [-0.2, 0) is 6.67 Å². The van der Waals surface area contributed by atoms with E-state index in [-0.39, 0.29) is 0 Å². The number of hydrogen-bond acceptors (Lipinski definition) is 4. The van der Waals surface area contributed by atoms with E-state index in [9.17, 15) is 0 Å². The monoisotopic (exact) mass is 315 g/mol. The molecule has 5 heteroatoms. The zero-order valence-corrected chi connectivity index (χ0v) is 13.1. The van der Waals surface area contributed by atoms with Crippen molar-refractivity contribution in [3.05, 3.63) is 78.9 Å². The van der Waals surface area contributed by atoms with Crippen LogP contribution in [-0.4, -0.2) is 15.0 Å². The molecule has 0 fully saturated rings. The van der Waals surface area contributed by atoms with Crippen molar-refractivity contribution in [2.45, 2.75) is 6.67 Å². The fraction of sp³-hybridized carbons (Fsp3) is 0.0526. The van der Waals surface area contributed by atoms with Gasteiger partial charge < -0.3 is 10.6 Å². The van der Waals surface area contributed by atoms with Gasteiger partial charge in [0.25, 0.3) is 0 Å². The molecule has 0 amide bonds. The van der Waals surface area contributed by atoms with Gasteiger partial charge in [0, 0.05) is 5.69 Å². The molecule has 4 aromatic rings. The van der Waals surface area contributed by atoms with Crippen LogP contribution in [0.25, 0.3) is 11.0 Å². The van der Waals surface area contributed by atoms with E-state index in [1.165, 1.54) is 0 Å². The average molecular weight is 315 g/mol. The van der Waals surface area contributed by atoms with Gasteiger partial charge in [0.15, 0.2) is 0 Å². The molecule has 0 unspecified atom stereocenters. The van der Waals surface area contributed by atoms with Crippen LogP contribution in [0.2, 0.25) is 0 Å². The molecule has 0 aliphatic heterocycles. The van der Waals surface area contributed by atoms with E-state index in [0.717, 1.165) is 28.1 Å². The fourth-order valence-corrected chi connectivity index (χ4v) is 2.62. The van der Waals surface area contributed by atoms with Crippen LogP contribution in [0, 0.1) is 0 Å². The Morgan fingerprint density at radius 2 is 1.46 bits per heavy atom. The molecular weight excluding hydrogens is 298 g/mol. The third-order valence-electron chi connectivity index (χ3n) is 3.82. The molecule has 0 radical (unpaired) electrons. The van der Waals surface area contributed by atoms with Crippen molar-refractivity contribution in [1.29, 1.82) is 0 Å². The van der Waals surface area contributed by atoms with Gasteiger partial charge in [-0.2, -0.15) is 0 Å². The second-order valence-corrected chi connectivity index (χ2v) is 5.45. The summed E-state index contributed by atoms with van der Waals surface area (Å²) in [5, 5.41) is 15.2. The van der Waals surface area contributed by atoms with E-state index in [4.69, 9.17) is 0 Å². The normalized spacial score (nSPS) is 10.7. The highest BCUT2D eigenvalue weighted by atomic mass is 15.4. The van der Waals surface area contributed by atoms with E-state index < -0.39 is 0 Å². The highest BCUT2D eigenvalue weighted by Crippen LogP contribution is 2.25. The van der Waals surface area contributed by atoms with Crippen molar-refractivity contribution in [2.75, 3.05) is 10.6 Å². The Morgan fingerprint density at radius 1 is 0.750 bits per heavy atom. The third kappa shape index (κ3) is 2.92. The minimum absolute atomic E-state index is 0.550. The Kier molecular flexibility index (Phi) is 3.81. The van der Waals surface area contributed by atoms with E-state index in [1.54, 1.807) is 0 Å². The molecule has 2 N–H and O–H groups in total. The first kappa shape index (κ1) is 14.3. The summed E-state index contributed by atoms with van der Waals surface area (Å²) in [6.45, 7) is 0.550. The van der Waals surface area contributed by atoms with Crippen molar-refractivity contribution in [1.82, 2.24) is 15.0 Å². The summed E-state index contributed by atoms with van der Waals surface area (Å²) in [6.07, 6.45) is 0. The molecule has 0 saturated heterocycles. The minimum Gasteiger partial charge on any atom is -0.364 e. The Labute approximate surface area is 139 Å². The molecule has 1 heterocycles. The summed E-state index contributed by atoms with van der Waals surface area (Å²) in [5.74, 6) is 0. The number of nitrogens with zero attached hydrogens (tertiary/aromatic N) is 3. The van der Waals surface area contributed by atoms with Crippen molar-refractivity contribution in [2.24, 2.45) is 0 Å². The molecule has 0 saturated carbocycles. The van der Waals surface area contributed by atoms with Gasteiger partial charge in [0.05, 0.1) is 16.9 Å². The number of benzene rings is 3. The van der Waals surface area contributed by atoms with E-state index >= 15 is 0 Å². The van der Waals surface area contributed by atoms with Gasteiger partial charge in [-0.25, -0.2) is 4.68 Å². The SMILES string of the molecule is c1ccc(Nc2ccccc2NCn2nnc3ccccc32)cc1. The average Bonchev–Trinajstić information content (AvgIpc) is 3.05. The third-order valence-corrected chi connectivity index (χ3v) is 3.82. The van der Waals surface area contributed by atoms with Crippen molar-refractivity contribution in [3.8, 4) is 0 Å². The lowest BCUT2D eigenvalue weighted by Crippen LogP contribution is -2.10. The highest BCUT2D eigenvalue weighted by Gasteiger charge is 2.05. The second-order valence-electron chi connectivity index (χ2n) is 5.45. The summed E-state index contributed by atoms with van der Waals surface area (Å²) < 4.78 is 1.86. The maximum absolute atomic E-state index is 4.21. The second kappa shape index (κ2) is 6.42. The molecule has 0 aliphatic carbocycles. The van der Waals surface area contributed by atoms with Crippen molar-refractivity contribution in [3.63, 3.8) is 0 Å². The van der Waals surface area contributed by atoms with Crippen LogP contribution < -0.4 is 10.6 Å². The van der Waals surface area contributed by atoms with Crippen LogP contribution >= 0.6 is 0 Å². The molecule has 24 heavy (non-hydrogen) atoms. The maximum atomic E-state index is 4.21. The largest absolute Gasteiger partial charge is 0.364 e. The number of aromatic nitrogens is 3. The molecule has 5 nitrogen and oxygen atoms in total. The molecule has 0 spiro atoms. The Morgan fingerprint density at radius 3 is 2.33 bits per heavy atom. The fourth-order valence-electron chi connectivity index (χ4n) is 2.62. The van der Waals surface area contributed by atoms with E-state index in [1.807, 2.05) is 77.5 Å². The lowest BCUT2D eigenvalue weighted by atomic mass is 10.2. The first-order valence-electron chi connectivity index (χ1n) is 7.83. The van der Waals surface area contributed by atoms with Gasteiger partial charge in [-0.3, -0.25) is 0 Å². The molecule has 0 atom stereocenters. The number of anilines is 3. The van der Waals surface area contributed by atoms with Crippen molar-refractivity contribution >= 4 is 28.1 Å². The van der Waals surface area contributed by atoms with Gasteiger partial charge in [-0.15, -0.1) is 5.10 Å². The standard InChI is InChI=1S/C19H17N5/c1-2-8-15(9-3-1)21-17-11-5-4-10-16(17)20-14-24-19-13-7-6-12-18(19)22-23-24/h1-13,20-21H,14H2. The maximum Gasteiger partial charge on any atom is 0.113 e. The van der Waals surface area contributed by atoms with E-state index in [2.05, 4.69) is 27.0 Å². The van der Waals surface area contributed by atoms with Crippen LogP contribution in [0.1, 0.15) is 0 Å². The number of fused-ring (bicyclic) bond motifs is 1. The lowest BCUT2D eigenvalue weighted by molar-refractivity contribution is 0.655.